The quantitative estimate of drug-likeness (QED) is 0.614. The molecule has 1 rings (SSSR count). The monoisotopic (exact) mass is 245 g/mol. The number of thiophene rings is 1. The maximum Gasteiger partial charge on any atom is 0.348 e. The van der Waals surface area contributed by atoms with Gasteiger partial charge in [0.1, 0.15) is 11.0 Å². The third-order valence-corrected chi connectivity index (χ3v) is 2.89. The summed E-state index contributed by atoms with van der Waals surface area (Å²) in [6, 6.07) is 1.42. The van der Waals surface area contributed by atoms with Gasteiger partial charge < -0.3 is 20.7 Å². The Hall–Kier alpha value is -1.44. The van der Waals surface area contributed by atoms with E-state index in [4.69, 9.17) is 5.73 Å². The molecule has 0 radical (unpaired) electrons. The first-order valence-electron chi connectivity index (χ1n) is 4.30. The number of carbonyl (C=O) groups excluding carboxylic acids is 2. The first-order chi connectivity index (χ1) is 7.49. The van der Waals surface area contributed by atoms with Crippen molar-refractivity contribution in [1.29, 1.82) is 0 Å². The fourth-order valence-corrected chi connectivity index (χ4v) is 1.99. The molecular weight excluding hydrogens is 234 g/mol. The van der Waals surface area contributed by atoms with Crippen molar-refractivity contribution in [2.24, 2.45) is 5.73 Å². The molecule has 0 saturated carbocycles. The Morgan fingerprint density at radius 2 is 2.12 bits per heavy atom. The predicted octanol–water partition coefficient (Wildman–Crippen LogP) is -0.586. The summed E-state index contributed by atoms with van der Waals surface area (Å²) in [5.74, 6) is -1.70. The molecule has 1 amide bonds. The van der Waals surface area contributed by atoms with Crippen LogP contribution < -0.4 is 5.73 Å². The van der Waals surface area contributed by atoms with E-state index in [9.17, 15) is 19.8 Å². The second-order valence-corrected chi connectivity index (χ2v) is 3.90. The number of hydrogen-bond acceptors (Lipinski definition) is 6. The van der Waals surface area contributed by atoms with Gasteiger partial charge in [-0.05, 0) is 11.4 Å². The summed E-state index contributed by atoms with van der Waals surface area (Å²) in [5, 5.41) is 20.4. The van der Waals surface area contributed by atoms with E-state index in [0.29, 0.717) is 0 Å². The highest BCUT2D eigenvalue weighted by Crippen LogP contribution is 2.26. The van der Waals surface area contributed by atoms with Gasteiger partial charge in [-0.15, -0.1) is 11.3 Å². The van der Waals surface area contributed by atoms with Crippen LogP contribution in [-0.4, -0.2) is 35.3 Å². The fourth-order valence-electron chi connectivity index (χ4n) is 1.14. The molecule has 0 aromatic carbocycles. The minimum Gasteiger partial charge on any atom is -0.465 e. The van der Waals surface area contributed by atoms with Crippen LogP contribution in [0.3, 0.4) is 0 Å². The van der Waals surface area contributed by atoms with Crippen molar-refractivity contribution in [3.63, 3.8) is 0 Å². The summed E-state index contributed by atoms with van der Waals surface area (Å²) in [4.78, 5) is 22.1. The number of amides is 1. The molecule has 0 fully saturated rings. The van der Waals surface area contributed by atoms with E-state index in [0.717, 1.165) is 11.3 Å². The number of aliphatic hydroxyl groups excluding tert-OH is 2. The van der Waals surface area contributed by atoms with E-state index >= 15 is 0 Å². The molecule has 88 valence electrons. The number of rotatable bonds is 4. The van der Waals surface area contributed by atoms with Crippen LogP contribution in [0.4, 0.5) is 0 Å². The van der Waals surface area contributed by atoms with Crippen LogP contribution in [0.1, 0.15) is 21.3 Å². The minimum atomic E-state index is -1.75. The molecular formula is C9H11NO5S. The largest absolute Gasteiger partial charge is 0.465 e. The summed E-state index contributed by atoms with van der Waals surface area (Å²) in [5.41, 5.74) is 4.97. The maximum atomic E-state index is 11.3. The Bertz CT molecular complexity index is 402. The fraction of sp³-hybridized carbons (Fsp3) is 0.333. The SMILES string of the molecule is COC(=O)c1sccc1C(O)C(O)C(N)=O. The lowest BCUT2D eigenvalue weighted by Gasteiger charge is -2.14. The van der Waals surface area contributed by atoms with Crippen molar-refractivity contribution in [2.45, 2.75) is 12.2 Å². The molecule has 0 spiro atoms. The van der Waals surface area contributed by atoms with Crippen LogP contribution in [0.25, 0.3) is 0 Å². The van der Waals surface area contributed by atoms with Gasteiger partial charge in [0.2, 0.25) is 5.91 Å². The number of hydrogen-bond donors (Lipinski definition) is 3. The zero-order valence-corrected chi connectivity index (χ0v) is 9.23. The molecule has 2 atom stereocenters. The van der Waals surface area contributed by atoms with Crippen molar-refractivity contribution < 1.29 is 24.5 Å². The van der Waals surface area contributed by atoms with Gasteiger partial charge >= 0.3 is 5.97 Å². The Labute approximate surface area is 95.3 Å². The Kier molecular flexibility index (Phi) is 3.99. The second-order valence-electron chi connectivity index (χ2n) is 2.99. The molecule has 0 aliphatic rings. The lowest BCUT2D eigenvalue weighted by Crippen LogP contribution is -2.34. The Morgan fingerprint density at radius 1 is 1.50 bits per heavy atom. The number of methoxy groups -OCH3 is 1. The van der Waals surface area contributed by atoms with Crippen molar-refractivity contribution in [1.82, 2.24) is 0 Å². The Balaban J connectivity index is 3.00. The molecule has 2 unspecified atom stereocenters. The highest BCUT2D eigenvalue weighted by Gasteiger charge is 2.28. The number of carbonyl (C=O) groups is 2. The predicted molar refractivity (Wildman–Crippen MR) is 55.8 cm³/mol. The van der Waals surface area contributed by atoms with Gasteiger partial charge in [-0.25, -0.2) is 4.79 Å². The summed E-state index contributed by atoms with van der Waals surface area (Å²) in [7, 11) is 1.20. The van der Waals surface area contributed by atoms with Crippen LogP contribution in [0.15, 0.2) is 11.4 Å². The summed E-state index contributed by atoms with van der Waals surface area (Å²) < 4.78 is 4.49. The van der Waals surface area contributed by atoms with E-state index in [2.05, 4.69) is 4.74 Å². The van der Waals surface area contributed by atoms with E-state index in [-0.39, 0.29) is 10.4 Å². The molecule has 0 aliphatic heterocycles. The van der Waals surface area contributed by atoms with Crippen molar-refractivity contribution >= 4 is 23.2 Å². The van der Waals surface area contributed by atoms with Crippen LogP contribution in [0.5, 0.6) is 0 Å². The maximum absolute atomic E-state index is 11.3. The molecule has 1 aromatic heterocycles. The first-order valence-corrected chi connectivity index (χ1v) is 5.18. The van der Waals surface area contributed by atoms with Gasteiger partial charge in [0.25, 0.3) is 0 Å². The van der Waals surface area contributed by atoms with E-state index in [1.54, 1.807) is 5.38 Å². The molecule has 0 saturated heterocycles. The van der Waals surface area contributed by atoms with Crippen LogP contribution in [0.2, 0.25) is 0 Å². The highest BCUT2D eigenvalue weighted by atomic mass is 32.1. The standard InChI is InChI=1S/C9H11NO5S/c1-15-9(14)7-4(2-3-16-7)5(11)6(12)8(10)13/h2-3,5-6,11-12H,1H3,(H2,10,13). The average molecular weight is 245 g/mol. The number of esters is 1. The lowest BCUT2D eigenvalue weighted by atomic mass is 10.1. The highest BCUT2D eigenvalue weighted by molar-refractivity contribution is 7.12. The Morgan fingerprint density at radius 3 is 2.62 bits per heavy atom. The summed E-state index contributed by atoms with van der Waals surface area (Å²) in [6.45, 7) is 0. The van der Waals surface area contributed by atoms with E-state index < -0.39 is 24.1 Å². The number of nitrogens with two attached hydrogens (primary N) is 1. The smallest absolute Gasteiger partial charge is 0.348 e. The van der Waals surface area contributed by atoms with Gasteiger partial charge in [0.05, 0.1) is 7.11 Å². The number of ether oxygens (including phenoxy) is 1. The molecule has 7 heteroatoms. The van der Waals surface area contributed by atoms with Crippen LogP contribution in [0, 0.1) is 0 Å². The summed E-state index contributed by atoms with van der Waals surface area (Å²) >= 11 is 1.04. The van der Waals surface area contributed by atoms with Crippen molar-refractivity contribution in [2.75, 3.05) is 7.11 Å². The topological polar surface area (TPSA) is 110 Å². The number of primary amides is 1. The summed E-state index contributed by atoms with van der Waals surface area (Å²) in [6.07, 6.45) is -3.28. The molecule has 6 nitrogen and oxygen atoms in total. The third kappa shape index (κ3) is 2.38. The zero-order valence-electron chi connectivity index (χ0n) is 8.41. The number of aliphatic hydroxyl groups is 2. The van der Waals surface area contributed by atoms with Gasteiger partial charge in [0, 0.05) is 5.56 Å². The van der Waals surface area contributed by atoms with Crippen molar-refractivity contribution in [3.8, 4) is 0 Å². The molecule has 0 aliphatic carbocycles. The van der Waals surface area contributed by atoms with Crippen LogP contribution in [-0.2, 0) is 9.53 Å². The average Bonchev–Trinajstić information content (AvgIpc) is 2.74. The van der Waals surface area contributed by atoms with Gasteiger partial charge in [0.15, 0.2) is 6.10 Å². The molecule has 4 N–H and O–H groups in total. The van der Waals surface area contributed by atoms with Gasteiger partial charge in [-0.1, -0.05) is 0 Å². The van der Waals surface area contributed by atoms with Crippen LogP contribution >= 0.6 is 11.3 Å². The molecule has 1 aromatic rings. The second kappa shape index (κ2) is 5.06. The van der Waals surface area contributed by atoms with E-state index in [1.807, 2.05) is 0 Å². The van der Waals surface area contributed by atoms with Gasteiger partial charge in [-0.3, -0.25) is 4.79 Å². The molecule has 16 heavy (non-hydrogen) atoms. The van der Waals surface area contributed by atoms with Crippen molar-refractivity contribution in [3.05, 3.63) is 21.9 Å². The molecule has 0 bridgehead atoms. The minimum absolute atomic E-state index is 0.128. The first kappa shape index (κ1) is 12.6. The van der Waals surface area contributed by atoms with Gasteiger partial charge in [-0.2, -0.15) is 0 Å². The normalized spacial score (nSPS) is 14.2. The lowest BCUT2D eigenvalue weighted by molar-refractivity contribution is -0.132. The third-order valence-electron chi connectivity index (χ3n) is 1.98. The molecule has 1 heterocycles. The van der Waals surface area contributed by atoms with E-state index in [1.165, 1.54) is 13.2 Å². The zero-order chi connectivity index (χ0) is 12.3.